The molecular formula is C19H21ClN4O2. The van der Waals surface area contributed by atoms with Crippen molar-refractivity contribution in [3.63, 3.8) is 0 Å². The Kier molecular flexibility index (Phi) is 4.92. The third-order valence-corrected chi connectivity index (χ3v) is 4.35. The van der Waals surface area contributed by atoms with E-state index in [0.29, 0.717) is 17.1 Å². The highest BCUT2D eigenvalue weighted by molar-refractivity contribution is 6.31. The number of benzene rings is 1. The lowest BCUT2D eigenvalue weighted by Crippen LogP contribution is -2.40. The van der Waals surface area contributed by atoms with Crippen molar-refractivity contribution >= 4 is 34.4 Å². The van der Waals surface area contributed by atoms with Crippen molar-refractivity contribution in [3.8, 4) is 6.07 Å². The van der Waals surface area contributed by atoms with E-state index in [0.717, 1.165) is 29.7 Å². The predicted molar refractivity (Wildman–Crippen MR) is 101 cm³/mol. The fraction of sp³-hybridized carbons (Fsp3) is 0.421. The lowest BCUT2D eigenvalue weighted by Gasteiger charge is -2.22. The van der Waals surface area contributed by atoms with E-state index in [1.165, 1.54) is 0 Å². The quantitative estimate of drug-likeness (QED) is 0.865. The summed E-state index contributed by atoms with van der Waals surface area (Å²) >= 11 is 6.03. The van der Waals surface area contributed by atoms with Crippen molar-refractivity contribution in [3.05, 3.63) is 34.9 Å². The van der Waals surface area contributed by atoms with Crippen molar-refractivity contribution in [2.75, 3.05) is 18.0 Å². The molecule has 1 fully saturated rings. The molecule has 1 N–H and O–H groups in total. The number of nitriles is 1. The van der Waals surface area contributed by atoms with Gasteiger partial charge in [-0.3, -0.25) is 0 Å². The molecule has 2 heterocycles. The molecule has 26 heavy (non-hydrogen) atoms. The summed E-state index contributed by atoms with van der Waals surface area (Å²) in [4.78, 5) is 18.7. The van der Waals surface area contributed by atoms with Crippen LogP contribution in [0, 0.1) is 11.3 Å². The Morgan fingerprint density at radius 2 is 2.19 bits per heavy atom. The van der Waals surface area contributed by atoms with Gasteiger partial charge in [-0.15, -0.1) is 0 Å². The lowest BCUT2D eigenvalue weighted by molar-refractivity contribution is 0.0509. The Morgan fingerprint density at radius 3 is 2.88 bits per heavy atom. The van der Waals surface area contributed by atoms with Crippen LogP contribution in [-0.2, 0) is 4.74 Å². The molecule has 136 valence electrons. The molecule has 1 aromatic heterocycles. The van der Waals surface area contributed by atoms with Crippen molar-refractivity contribution in [1.82, 2.24) is 10.3 Å². The number of alkyl carbamates (subject to hydrolysis) is 1. The van der Waals surface area contributed by atoms with Gasteiger partial charge in [0.25, 0.3) is 0 Å². The second-order valence-corrected chi connectivity index (χ2v) is 7.82. The number of amides is 1. The summed E-state index contributed by atoms with van der Waals surface area (Å²) in [6.07, 6.45) is 0.379. The number of carbonyl (C=O) groups excluding carboxylic acids is 1. The van der Waals surface area contributed by atoms with Crippen LogP contribution in [0.4, 0.5) is 10.6 Å². The minimum absolute atomic E-state index is 0.0156. The van der Waals surface area contributed by atoms with Crippen LogP contribution in [0.15, 0.2) is 24.3 Å². The van der Waals surface area contributed by atoms with Crippen LogP contribution < -0.4 is 10.2 Å². The molecule has 1 atom stereocenters. The van der Waals surface area contributed by atoms with Gasteiger partial charge in [-0.2, -0.15) is 5.26 Å². The molecule has 6 nitrogen and oxygen atoms in total. The van der Waals surface area contributed by atoms with Crippen LogP contribution >= 0.6 is 11.6 Å². The molecule has 0 unspecified atom stereocenters. The zero-order valence-corrected chi connectivity index (χ0v) is 15.8. The van der Waals surface area contributed by atoms with Crippen LogP contribution in [0.1, 0.15) is 32.8 Å². The van der Waals surface area contributed by atoms with E-state index < -0.39 is 11.7 Å². The minimum Gasteiger partial charge on any atom is -0.444 e. The summed E-state index contributed by atoms with van der Waals surface area (Å²) in [5, 5.41) is 13.7. The molecule has 2 aromatic rings. The van der Waals surface area contributed by atoms with Gasteiger partial charge < -0.3 is 15.0 Å². The molecule has 1 aliphatic heterocycles. The summed E-state index contributed by atoms with van der Waals surface area (Å²) in [6, 6.07) is 9.30. The van der Waals surface area contributed by atoms with Gasteiger partial charge in [0.05, 0.1) is 23.2 Å². The topological polar surface area (TPSA) is 78.2 Å². The van der Waals surface area contributed by atoms with E-state index in [1.54, 1.807) is 18.2 Å². The first-order valence-electron chi connectivity index (χ1n) is 8.50. The number of aromatic nitrogens is 1. The maximum Gasteiger partial charge on any atom is 0.407 e. The van der Waals surface area contributed by atoms with Gasteiger partial charge in [-0.25, -0.2) is 9.78 Å². The number of hydrogen-bond acceptors (Lipinski definition) is 5. The van der Waals surface area contributed by atoms with Crippen LogP contribution in [-0.4, -0.2) is 35.8 Å². The highest BCUT2D eigenvalue weighted by Crippen LogP contribution is 2.27. The Hall–Kier alpha value is -2.52. The van der Waals surface area contributed by atoms with Crippen LogP contribution in [0.3, 0.4) is 0 Å². The molecular weight excluding hydrogens is 352 g/mol. The number of halogens is 1. The third kappa shape index (κ3) is 4.17. The molecule has 1 aliphatic rings. The molecule has 1 amide bonds. The smallest absolute Gasteiger partial charge is 0.407 e. The number of carbonyl (C=O) groups is 1. The molecule has 0 saturated carbocycles. The molecule has 7 heteroatoms. The van der Waals surface area contributed by atoms with Crippen molar-refractivity contribution in [2.45, 2.75) is 38.8 Å². The molecule has 3 rings (SSSR count). The van der Waals surface area contributed by atoms with Crippen LogP contribution in [0.5, 0.6) is 0 Å². The molecule has 0 spiro atoms. The highest BCUT2D eigenvalue weighted by atomic mass is 35.5. The van der Waals surface area contributed by atoms with Gasteiger partial charge in [-0.05, 0) is 51.5 Å². The number of ether oxygens (including phenoxy) is 1. The van der Waals surface area contributed by atoms with Crippen LogP contribution in [0.25, 0.3) is 10.9 Å². The number of nitrogens with zero attached hydrogens (tertiary/aromatic N) is 3. The monoisotopic (exact) mass is 372 g/mol. The van der Waals surface area contributed by atoms with Crippen molar-refractivity contribution in [2.24, 2.45) is 0 Å². The predicted octanol–water partition coefficient (Wildman–Crippen LogP) is 3.86. The number of anilines is 1. The first-order valence-corrected chi connectivity index (χ1v) is 8.88. The molecule has 1 aromatic carbocycles. The normalized spacial score (nSPS) is 17.2. The van der Waals surface area contributed by atoms with E-state index in [9.17, 15) is 10.1 Å². The SMILES string of the molecule is CC(C)(C)OC(=O)N[C@H]1CCN(c2cc(C#N)c3cc(Cl)ccc3n2)C1. The summed E-state index contributed by atoms with van der Waals surface area (Å²) in [5.41, 5.74) is 0.744. The first-order chi connectivity index (χ1) is 12.2. The second kappa shape index (κ2) is 7.00. The number of fused-ring (bicyclic) bond motifs is 1. The Morgan fingerprint density at radius 1 is 1.42 bits per heavy atom. The average molecular weight is 373 g/mol. The van der Waals surface area contributed by atoms with Gasteiger partial charge >= 0.3 is 6.09 Å². The summed E-state index contributed by atoms with van der Waals surface area (Å²) in [5.74, 6) is 0.727. The lowest BCUT2D eigenvalue weighted by atomic mass is 10.1. The first kappa shape index (κ1) is 18.3. The fourth-order valence-corrected chi connectivity index (χ4v) is 3.17. The number of nitrogens with one attached hydrogen (secondary N) is 1. The van der Waals surface area contributed by atoms with E-state index in [-0.39, 0.29) is 6.04 Å². The Bertz CT molecular complexity index is 885. The highest BCUT2D eigenvalue weighted by Gasteiger charge is 2.27. The Labute approximate surface area is 157 Å². The van der Waals surface area contributed by atoms with E-state index in [2.05, 4.69) is 21.3 Å². The molecule has 1 saturated heterocycles. The fourth-order valence-electron chi connectivity index (χ4n) is 3.00. The van der Waals surface area contributed by atoms with Crippen molar-refractivity contribution in [1.29, 1.82) is 5.26 Å². The van der Waals surface area contributed by atoms with Gasteiger partial charge in [0.2, 0.25) is 0 Å². The van der Waals surface area contributed by atoms with Gasteiger partial charge in [0.15, 0.2) is 0 Å². The zero-order chi connectivity index (χ0) is 18.9. The van der Waals surface area contributed by atoms with Crippen molar-refractivity contribution < 1.29 is 9.53 Å². The molecule has 0 radical (unpaired) electrons. The maximum atomic E-state index is 11.9. The number of pyridine rings is 1. The van der Waals surface area contributed by atoms with Gasteiger partial charge in [0, 0.05) is 23.5 Å². The molecule has 0 aliphatic carbocycles. The standard InChI is InChI=1S/C19H21ClN4O2/c1-19(2,3)26-18(25)22-14-6-7-24(11-14)17-8-12(10-21)15-9-13(20)4-5-16(15)23-17/h4-5,8-9,14H,6-7,11H2,1-3H3,(H,22,25)/t14-/m0/s1. The Balaban J connectivity index is 1.76. The van der Waals surface area contributed by atoms with Gasteiger partial charge in [-0.1, -0.05) is 11.6 Å². The maximum absolute atomic E-state index is 11.9. The summed E-state index contributed by atoms with van der Waals surface area (Å²) in [6.45, 7) is 6.88. The van der Waals surface area contributed by atoms with E-state index in [1.807, 2.05) is 26.8 Å². The average Bonchev–Trinajstić information content (AvgIpc) is 3.00. The second-order valence-electron chi connectivity index (χ2n) is 7.38. The summed E-state index contributed by atoms with van der Waals surface area (Å²) < 4.78 is 5.31. The van der Waals surface area contributed by atoms with Crippen LogP contribution in [0.2, 0.25) is 5.02 Å². The minimum atomic E-state index is -0.523. The summed E-state index contributed by atoms with van der Waals surface area (Å²) in [7, 11) is 0. The number of rotatable bonds is 2. The van der Waals surface area contributed by atoms with E-state index >= 15 is 0 Å². The zero-order valence-electron chi connectivity index (χ0n) is 15.0. The number of hydrogen-bond donors (Lipinski definition) is 1. The largest absolute Gasteiger partial charge is 0.444 e. The van der Waals surface area contributed by atoms with Gasteiger partial charge in [0.1, 0.15) is 11.4 Å². The molecule has 0 bridgehead atoms. The van der Waals surface area contributed by atoms with E-state index in [4.69, 9.17) is 16.3 Å². The third-order valence-electron chi connectivity index (χ3n) is 4.11.